The van der Waals surface area contributed by atoms with Crippen molar-refractivity contribution in [2.75, 3.05) is 27.2 Å². The molecule has 1 amide bonds. The zero-order valence-electron chi connectivity index (χ0n) is 19.5. The summed E-state index contributed by atoms with van der Waals surface area (Å²) >= 11 is 0. The number of likely N-dealkylation sites (tertiary alicyclic amines) is 1. The van der Waals surface area contributed by atoms with Gasteiger partial charge in [-0.25, -0.2) is 0 Å². The Morgan fingerprint density at radius 3 is 2.58 bits per heavy atom. The van der Waals surface area contributed by atoms with Crippen LogP contribution in [0, 0.1) is 5.92 Å². The normalized spacial score (nSPS) is 15.7. The van der Waals surface area contributed by atoms with Gasteiger partial charge < -0.3 is 14.1 Å². The van der Waals surface area contributed by atoms with E-state index in [0.717, 1.165) is 38.9 Å². The third-order valence-electron chi connectivity index (χ3n) is 6.54. The molecule has 4 rings (SSSR count). The molecule has 3 heterocycles. The Labute approximate surface area is 196 Å². The molecule has 1 aliphatic rings. The first kappa shape index (κ1) is 23.2. The van der Waals surface area contributed by atoms with Gasteiger partial charge in [0.2, 0.25) is 0 Å². The predicted octanol–water partition coefficient (Wildman–Crippen LogP) is 4.42. The Bertz CT molecular complexity index is 998. The lowest BCUT2D eigenvalue weighted by Crippen LogP contribution is -2.46. The Morgan fingerprint density at radius 1 is 1.12 bits per heavy atom. The van der Waals surface area contributed by atoms with Crippen LogP contribution in [0.3, 0.4) is 0 Å². The SMILES string of the molecule is COCc1ccc(C(=O)N2CCC([C@H](Cc3ccccc3)N(C)Cc3cccnc3)CC2)o1. The molecular formula is C27H33N3O3. The van der Waals surface area contributed by atoms with Gasteiger partial charge in [-0.15, -0.1) is 0 Å². The number of piperidine rings is 1. The van der Waals surface area contributed by atoms with Gasteiger partial charge in [0.15, 0.2) is 5.76 Å². The van der Waals surface area contributed by atoms with Gasteiger partial charge in [-0.2, -0.15) is 0 Å². The first-order valence-electron chi connectivity index (χ1n) is 11.6. The van der Waals surface area contributed by atoms with Crippen LogP contribution in [-0.2, 0) is 24.3 Å². The fourth-order valence-corrected chi connectivity index (χ4v) is 4.79. The van der Waals surface area contributed by atoms with Crippen molar-refractivity contribution < 1.29 is 13.9 Å². The molecule has 6 heteroatoms. The highest BCUT2D eigenvalue weighted by Gasteiger charge is 2.32. The van der Waals surface area contributed by atoms with Crippen LogP contribution < -0.4 is 0 Å². The van der Waals surface area contributed by atoms with Crippen LogP contribution in [0.2, 0.25) is 0 Å². The van der Waals surface area contributed by atoms with E-state index in [9.17, 15) is 4.79 Å². The summed E-state index contributed by atoms with van der Waals surface area (Å²) in [6.07, 6.45) is 6.71. The summed E-state index contributed by atoms with van der Waals surface area (Å²) in [7, 11) is 3.82. The molecular weight excluding hydrogens is 414 g/mol. The van der Waals surface area contributed by atoms with Crippen molar-refractivity contribution in [1.29, 1.82) is 0 Å². The van der Waals surface area contributed by atoms with Crippen molar-refractivity contribution in [1.82, 2.24) is 14.8 Å². The van der Waals surface area contributed by atoms with Gasteiger partial charge in [0, 0.05) is 45.2 Å². The number of furan rings is 1. The molecule has 1 fully saturated rings. The first-order valence-corrected chi connectivity index (χ1v) is 11.6. The van der Waals surface area contributed by atoms with E-state index >= 15 is 0 Å². The van der Waals surface area contributed by atoms with Crippen molar-refractivity contribution in [2.45, 2.75) is 38.5 Å². The van der Waals surface area contributed by atoms with Crippen LogP contribution in [0.15, 0.2) is 71.4 Å². The number of carbonyl (C=O) groups is 1. The average Bonchev–Trinajstić information content (AvgIpc) is 3.32. The largest absolute Gasteiger partial charge is 0.453 e. The number of hydrogen-bond donors (Lipinski definition) is 0. The minimum Gasteiger partial charge on any atom is -0.453 e. The summed E-state index contributed by atoms with van der Waals surface area (Å²) < 4.78 is 10.8. The highest BCUT2D eigenvalue weighted by Crippen LogP contribution is 2.28. The number of nitrogens with zero attached hydrogens (tertiary/aromatic N) is 3. The molecule has 1 atom stereocenters. The smallest absolute Gasteiger partial charge is 0.289 e. The zero-order valence-corrected chi connectivity index (χ0v) is 19.5. The Kier molecular flexibility index (Phi) is 7.92. The zero-order chi connectivity index (χ0) is 23.0. The van der Waals surface area contributed by atoms with E-state index in [1.807, 2.05) is 29.4 Å². The van der Waals surface area contributed by atoms with Crippen LogP contribution in [0.4, 0.5) is 0 Å². The summed E-state index contributed by atoms with van der Waals surface area (Å²) in [5, 5.41) is 0. The molecule has 0 spiro atoms. The number of hydrogen-bond acceptors (Lipinski definition) is 5. The van der Waals surface area contributed by atoms with Gasteiger partial charge in [-0.05, 0) is 61.6 Å². The molecule has 6 nitrogen and oxygen atoms in total. The highest BCUT2D eigenvalue weighted by atomic mass is 16.5. The predicted molar refractivity (Wildman–Crippen MR) is 128 cm³/mol. The van der Waals surface area contributed by atoms with Crippen molar-refractivity contribution in [3.63, 3.8) is 0 Å². The molecule has 0 radical (unpaired) electrons. The van der Waals surface area contributed by atoms with Crippen LogP contribution >= 0.6 is 0 Å². The summed E-state index contributed by atoms with van der Waals surface area (Å²) in [6, 6.07) is 18.8. The molecule has 3 aromatic rings. The van der Waals surface area contributed by atoms with Gasteiger partial charge in [-0.3, -0.25) is 14.7 Å². The summed E-state index contributed by atoms with van der Waals surface area (Å²) in [5.41, 5.74) is 2.57. The topological polar surface area (TPSA) is 58.8 Å². The molecule has 174 valence electrons. The number of ether oxygens (including phenoxy) is 1. The Morgan fingerprint density at radius 2 is 1.88 bits per heavy atom. The minimum atomic E-state index is -0.0286. The molecule has 1 saturated heterocycles. The van der Waals surface area contributed by atoms with Crippen molar-refractivity contribution in [3.05, 3.63) is 89.6 Å². The first-order chi connectivity index (χ1) is 16.1. The Hall–Kier alpha value is -2.96. The van der Waals surface area contributed by atoms with Crippen LogP contribution in [0.25, 0.3) is 0 Å². The number of methoxy groups -OCH3 is 1. The quantitative estimate of drug-likeness (QED) is 0.486. The molecule has 0 aliphatic carbocycles. The van der Waals surface area contributed by atoms with E-state index in [0.29, 0.717) is 30.1 Å². The van der Waals surface area contributed by atoms with Crippen LogP contribution in [0.1, 0.15) is 40.3 Å². The lowest BCUT2D eigenvalue weighted by molar-refractivity contribution is 0.0568. The second kappa shape index (κ2) is 11.3. The number of pyridine rings is 1. The molecule has 1 aromatic carbocycles. The van der Waals surface area contributed by atoms with Crippen molar-refractivity contribution in [2.24, 2.45) is 5.92 Å². The fourth-order valence-electron chi connectivity index (χ4n) is 4.79. The minimum absolute atomic E-state index is 0.0286. The number of aromatic nitrogens is 1. The fraction of sp³-hybridized carbons (Fsp3) is 0.407. The molecule has 0 saturated carbocycles. The second-order valence-corrected chi connectivity index (χ2v) is 8.86. The van der Waals surface area contributed by atoms with E-state index < -0.39 is 0 Å². The second-order valence-electron chi connectivity index (χ2n) is 8.86. The van der Waals surface area contributed by atoms with E-state index in [-0.39, 0.29) is 5.91 Å². The lowest BCUT2D eigenvalue weighted by Gasteiger charge is -2.40. The molecule has 2 aromatic heterocycles. The molecule has 1 aliphatic heterocycles. The number of rotatable bonds is 9. The van der Waals surface area contributed by atoms with Gasteiger partial charge >= 0.3 is 0 Å². The van der Waals surface area contributed by atoms with Crippen molar-refractivity contribution >= 4 is 5.91 Å². The van der Waals surface area contributed by atoms with Gasteiger partial charge in [0.1, 0.15) is 12.4 Å². The van der Waals surface area contributed by atoms with E-state index in [1.165, 1.54) is 11.1 Å². The number of benzene rings is 1. The van der Waals surface area contributed by atoms with Crippen molar-refractivity contribution in [3.8, 4) is 0 Å². The Balaban J connectivity index is 1.42. The maximum Gasteiger partial charge on any atom is 0.289 e. The summed E-state index contributed by atoms with van der Waals surface area (Å²) in [4.78, 5) is 21.6. The molecule has 0 bridgehead atoms. The molecule has 0 N–H and O–H groups in total. The molecule has 33 heavy (non-hydrogen) atoms. The molecule has 0 unspecified atom stereocenters. The standard InChI is InChI=1S/C27H33N3O3/c1-29(19-22-9-6-14-28-18-22)25(17-21-7-4-3-5-8-21)23-12-15-30(16-13-23)27(31)26-11-10-24(33-26)20-32-2/h3-11,14,18,23,25H,12-13,15-17,19-20H2,1-2H3/t25-/m0/s1. The van der Waals surface area contributed by atoms with Gasteiger partial charge in [0.05, 0.1) is 0 Å². The number of amides is 1. The third-order valence-corrected chi connectivity index (χ3v) is 6.54. The number of carbonyl (C=O) groups excluding carboxylic acids is 1. The maximum atomic E-state index is 12.9. The number of likely N-dealkylation sites (N-methyl/N-ethyl adjacent to an activating group) is 1. The average molecular weight is 448 g/mol. The van der Waals surface area contributed by atoms with E-state index in [1.54, 1.807) is 13.2 Å². The maximum absolute atomic E-state index is 12.9. The van der Waals surface area contributed by atoms with Gasteiger partial charge in [0.25, 0.3) is 5.91 Å². The highest BCUT2D eigenvalue weighted by molar-refractivity contribution is 5.91. The van der Waals surface area contributed by atoms with E-state index in [4.69, 9.17) is 9.15 Å². The summed E-state index contributed by atoms with van der Waals surface area (Å²) in [5.74, 6) is 1.56. The lowest BCUT2D eigenvalue weighted by atomic mass is 9.84. The van der Waals surface area contributed by atoms with Crippen LogP contribution in [0.5, 0.6) is 0 Å². The monoisotopic (exact) mass is 447 g/mol. The van der Waals surface area contributed by atoms with E-state index in [2.05, 4.69) is 53.3 Å². The van der Waals surface area contributed by atoms with Gasteiger partial charge in [-0.1, -0.05) is 36.4 Å². The van der Waals surface area contributed by atoms with Crippen LogP contribution in [-0.4, -0.2) is 54.0 Å². The summed E-state index contributed by atoms with van der Waals surface area (Å²) in [6.45, 7) is 2.73. The third kappa shape index (κ3) is 6.09.